The first kappa shape index (κ1) is 13.1. The lowest BCUT2D eigenvalue weighted by molar-refractivity contribution is -0.0712. The molecule has 1 atom stereocenters. The van der Waals surface area contributed by atoms with Crippen LogP contribution >= 0.6 is 0 Å². The van der Waals surface area contributed by atoms with Gasteiger partial charge in [-0.1, -0.05) is 0 Å². The minimum absolute atomic E-state index is 0.0995. The Morgan fingerprint density at radius 2 is 2.06 bits per heavy atom. The number of rotatable bonds is 2. The number of carbonyl (C=O) groups is 1. The Balaban J connectivity index is 2.30. The van der Waals surface area contributed by atoms with Crippen molar-refractivity contribution in [2.75, 3.05) is 0 Å². The third kappa shape index (κ3) is 2.43. The average molecular weight is 251 g/mol. The summed E-state index contributed by atoms with van der Waals surface area (Å²) in [4.78, 5) is 16.1. The van der Waals surface area contributed by atoms with Crippen LogP contribution in [-0.2, 0) is 4.74 Å². The van der Waals surface area contributed by atoms with Gasteiger partial charge < -0.3 is 4.74 Å². The van der Waals surface area contributed by atoms with Crippen molar-refractivity contribution < 1.29 is 13.9 Å². The second-order valence-corrected chi connectivity index (χ2v) is 5.98. The quantitative estimate of drug-likeness (QED) is 0.758. The second-order valence-electron chi connectivity index (χ2n) is 5.98. The van der Waals surface area contributed by atoms with Gasteiger partial charge in [0.2, 0.25) is 0 Å². The minimum atomic E-state index is -0.535. The summed E-state index contributed by atoms with van der Waals surface area (Å²) >= 11 is 0. The molecular weight excluding hydrogens is 233 g/mol. The second kappa shape index (κ2) is 4.12. The first-order valence-electron chi connectivity index (χ1n) is 6.06. The number of halogens is 1. The van der Waals surface area contributed by atoms with Crippen LogP contribution in [0.2, 0.25) is 0 Å². The number of ether oxygens (including phenoxy) is 1. The highest BCUT2D eigenvalue weighted by Gasteiger charge is 2.49. The van der Waals surface area contributed by atoms with Gasteiger partial charge in [-0.3, -0.25) is 9.78 Å². The lowest BCUT2D eigenvalue weighted by Crippen LogP contribution is -2.33. The van der Waals surface area contributed by atoms with E-state index in [0.717, 1.165) is 6.20 Å². The first-order valence-corrected chi connectivity index (χ1v) is 6.06. The molecule has 1 aromatic rings. The van der Waals surface area contributed by atoms with Crippen molar-refractivity contribution in [2.45, 2.75) is 45.3 Å². The van der Waals surface area contributed by atoms with Crippen LogP contribution in [0.15, 0.2) is 18.5 Å². The molecule has 98 valence electrons. The maximum Gasteiger partial charge on any atom is 0.170 e. The molecule has 1 aliphatic heterocycles. The van der Waals surface area contributed by atoms with Crippen LogP contribution in [0.4, 0.5) is 4.39 Å². The molecule has 0 N–H and O–H groups in total. The van der Waals surface area contributed by atoms with Crippen LogP contribution in [0.1, 0.15) is 44.5 Å². The fourth-order valence-corrected chi connectivity index (χ4v) is 2.72. The van der Waals surface area contributed by atoms with Crippen LogP contribution in [0.5, 0.6) is 0 Å². The van der Waals surface area contributed by atoms with Gasteiger partial charge in [-0.2, -0.15) is 0 Å². The Labute approximate surface area is 106 Å². The van der Waals surface area contributed by atoms with E-state index in [4.69, 9.17) is 4.74 Å². The van der Waals surface area contributed by atoms with Crippen molar-refractivity contribution in [3.8, 4) is 0 Å². The number of nitrogens with zero attached hydrogens (tertiary/aromatic N) is 1. The predicted molar refractivity (Wildman–Crippen MR) is 65.9 cm³/mol. The molecule has 3 nitrogen and oxygen atoms in total. The molecule has 0 bridgehead atoms. The van der Waals surface area contributed by atoms with Crippen molar-refractivity contribution in [3.63, 3.8) is 0 Å². The molecule has 1 fully saturated rings. The molecule has 18 heavy (non-hydrogen) atoms. The highest BCUT2D eigenvalue weighted by molar-refractivity contribution is 5.98. The number of hydrogen-bond donors (Lipinski definition) is 0. The van der Waals surface area contributed by atoms with Gasteiger partial charge >= 0.3 is 0 Å². The van der Waals surface area contributed by atoms with Gasteiger partial charge in [-0.25, -0.2) is 4.39 Å². The van der Waals surface area contributed by atoms with Crippen molar-refractivity contribution in [2.24, 2.45) is 5.92 Å². The van der Waals surface area contributed by atoms with E-state index in [1.165, 1.54) is 12.3 Å². The lowest BCUT2D eigenvalue weighted by Gasteiger charge is -2.26. The monoisotopic (exact) mass is 251 g/mol. The van der Waals surface area contributed by atoms with Gasteiger partial charge in [-0.15, -0.1) is 0 Å². The normalized spacial score (nSPS) is 25.1. The van der Waals surface area contributed by atoms with Crippen molar-refractivity contribution >= 4 is 5.78 Å². The molecule has 0 spiro atoms. The molecule has 0 radical (unpaired) electrons. The third-order valence-electron chi connectivity index (χ3n) is 3.38. The fraction of sp³-hybridized carbons (Fsp3) is 0.571. The number of Topliss-reactive ketones (excluding diaryl/α,β-unsaturated/α-hetero) is 1. The number of carbonyl (C=O) groups excluding carboxylic acids is 1. The van der Waals surface area contributed by atoms with Crippen LogP contribution in [-0.4, -0.2) is 22.0 Å². The van der Waals surface area contributed by atoms with Crippen LogP contribution in [0.25, 0.3) is 0 Å². The first-order chi connectivity index (χ1) is 8.21. The van der Waals surface area contributed by atoms with E-state index in [0.29, 0.717) is 12.0 Å². The van der Waals surface area contributed by atoms with Gasteiger partial charge in [0, 0.05) is 11.8 Å². The van der Waals surface area contributed by atoms with E-state index in [1.807, 2.05) is 27.7 Å². The summed E-state index contributed by atoms with van der Waals surface area (Å²) in [5, 5.41) is 0. The van der Waals surface area contributed by atoms with Gasteiger partial charge in [-0.05, 0) is 40.2 Å². The summed E-state index contributed by atoms with van der Waals surface area (Å²) in [6.45, 7) is 7.73. The number of hydrogen-bond acceptors (Lipinski definition) is 3. The molecule has 1 saturated heterocycles. The zero-order valence-corrected chi connectivity index (χ0v) is 11.2. The third-order valence-corrected chi connectivity index (χ3v) is 3.38. The van der Waals surface area contributed by atoms with E-state index in [1.54, 1.807) is 0 Å². The van der Waals surface area contributed by atoms with E-state index < -0.39 is 11.4 Å². The maximum atomic E-state index is 13.1. The van der Waals surface area contributed by atoms with Crippen molar-refractivity contribution in [1.29, 1.82) is 0 Å². The van der Waals surface area contributed by atoms with Gasteiger partial charge in [0.1, 0.15) is 5.82 Å². The average Bonchev–Trinajstić information content (AvgIpc) is 2.45. The zero-order chi connectivity index (χ0) is 13.6. The van der Waals surface area contributed by atoms with Gasteiger partial charge in [0.25, 0.3) is 0 Å². The highest BCUT2D eigenvalue weighted by atomic mass is 19.1. The summed E-state index contributed by atoms with van der Waals surface area (Å²) in [6.07, 6.45) is 3.14. The zero-order valence-electron chi connectivity index (χ0n) is 11.2. The predicted octanol–water partition coefficient (Wildman–Crippen LogP) is 3.00. The SMILES string of the molecule is CC1(C)CC(C(=O)c2cncc(F)c2)C(C)(C)O1. The van der Waals surface area contributed by atoms with Gasteiger partial charge in [0.15, 0.2) is 5.78 Å². The number of aromatic nitrogens is 1. The highest BCUT2D eigenvalue weighted by Crippen LogP contribution is 2.43. The summed E-state index contributed by atoms with van der Waals surface area (Å²) in [5.74, 6) is -0.856. The largest absolute Gasteiger partial charge is 0.369 e. The van der Waals surface area contributed by atoms with E-state index in [-0.39, 0.29) is 17.3 Å². The Kier molecular flexibility index (Phi) is 3.01. The van der Waals surface area contributed by atoms with Gasteiger partial charge in [0.05, 0.1) is 23.3 Å². The smallest absolute Gasteiger partial charge is 0.170 e. The summed E-state index contributed by atoms with van der Waals surface area (Å²) in [7, 11) is 0. The number of ketones is 1. The van der Waals surface area contributed by atoms with E-state index in [2.05, 4.69) is 4.98 Å². The molecule has 0 amide bonds. The Hall–Kier alpha value is -1.29. The number of pyridine rings is 1. The van der Waals surface area contributed by atoms with E-state index in [9.17, 15) is 9.18 Å². The molecule has 4 heteroatoms. The summed E-state index contributed by atoms with van der Waals surface area (Å²) in [5.41, 5.74) is -0.549. The lowest BCUT2D eigenvalue weighted by atomic mass is 9.82. The summed E-state index contributed by atoms with van der Waals surface area (Å²) in [6, 6.07) is 1.23. The van der Waals surface area contributed by atoms with Crippen LogP contribution < -0.4 is 0 Å². The molecule has 1 aromatic heterocycles. The molecule has 1 unspecified atom stereocenters. The van der Waals surface area contributed by atoms with E-state index >= 15 is 0 Å². The molecule has 1 aliphatic rings. The maximum absolute atomic E-state index is 13.1. The molecule has 2 rings (SSSR count). The van der Waals surface area contributed by atoms with Crippen molar-refractivity contribution in [1.82, 2.24) is 4.98 Å². The fourth-order valence-electron chi connectivity index (χ4n) is 2.72. The molecular formula is C14H18FNO2. The molecule has 0 saturated carbocycles. The van der Waals surface area contributed by atoms with Crippen LogP contribution in [0, 0.1) is 11.7 Å². The topological polar surface area (TPSA) is 39.2 Å². The Morgan fingerprint density at radius 1 is 1.39 bits per heavy atom. The Morgan fingerprint density at radius 3 is 2.56 bits per heavy atom. The molecule has 2 heterocycles. The molecule has 0 aliphatic carbocycles. The standard InChI is InChI=1S/C14H18FNO2/c1-13(2)6-11(14(3,4)18-13)12(17)9-5-10(15)8-16-7-9/h5,7-8,11H,6H2,1-4H3. The van der Waals surface area contributed by atoms with Crippen molar-refractivity contribution in [3.05, 3.63) is 29.8 Å². The van der Waals surface area contributed by atoms with Crippen LogP contribution in [0.3, 0.4) is 0 Å². The minimum Gasteiger partial charge on any atom is -0.369 e. The Bertz CT molecular complexity index is 482. The summed E-state index contributed by atoms with van der Waals surface area (Å²) < 4.78 is 19.0. The molecule has 0 aromatic carbocycles.